The minimum atomic E-state index is -1.46. The van der Waals surface area contributed by atoms with Crippen LogP contribution in [0.15, 0.2) is 54.9 Å². The highest BCUT2D eigenvalue weighted by Gasteiger charge is 2.44. The second-order valence-corrected chi connectivity index (χ2v) is 15.3. The molecule has 2 saturated heterocycles. The summed E-state index contributed by atoms with van der Waals surface area (Å²) in [7, 11) is 2.56. The van der Waals surface area contributed by atoms with Gasteiger partial charge in [0.1, 0.15) is 29.5 Å². The SMILES string of the molecule is COC(=O)N[C@H](C(=O)N1CCC[C@H]1c1ncc(-c2ccc(-c3ccc(-c4cnc([C@@H]5CCCN5C(=O)[C@@H](NC(=O)OC)C5CC5)[nH]4)cc3OC(=O)O)cc2)[nH]1)C1CC1. The molecule has 4 amide bonds. The van der Waals surface area contributed by atoms with Crippen LogP contribution in [0, 0.1) is 11.8 Å². The molecule has 5 N–H and O–H groups in total. The summed E-state index contributed by atoms with van der Waals surface area (Å²) < 4.78 is 14.8. The maximum atomic E-state index is 13.6. The third-order valence-electron chi connectivity index (χ3n) is 11.5. The lowest BCUT2D eigenvalue weighted by atomic mass is 10.00. The minimum Gasteiger partial charge on any atom is -0.453 e. The zero-order valence-electron chi connectivity index (χ0n) is 32.2. The minimum absolute atomic E-state index is 0.0805. The van der Waals surface area contributed by atoms with Crippen LogP contribution < -0.4 is 15.4 Å². The van der Waals surface area contributed by atoms with E-state index in [1.165, 1.54) is 14.2 Å². The topological polar surface area (TPSA) is 221 Å². The number of likely N-dealkylation sites (tertiary alicyclic amines) is 2. The van der Waals surface area contributed by atoms with Crippen molar-refractivity contribution in [2.45, 2.75) is 75.5 Å². The summed E-state index contributed by atoms with van der Waals surface area (Å²) in [6.07, 6.45) is 7.19. The molecular weight excluding hydrogens is 748 g/mol. The summed E-state index contributed by atoms with van der Waals surface area (Å²) >= 11 is 0. The third kappa shape index (κ3) is 8.06. The molecule has 4 heterocycles. The van der Waals surface area contributed by atoms with Gasteiger partial charge < -0.3 is 49.7 Å². The van der Waals surface area contributed by atoms with E-state index in [1.807, 2.05) is 30.3 Å². The molecule has 4 fully saturated rings. The molecule has 0 spiro atoms. The van der Waals surface area contributed by atoms with Gasteiger partial charge in [0.05, 0.1) is 50.1 Å². The molecule has 2 aliphatic heterocycles. The van der Waals surface area contributed by atoms with Crippen molar-refractivity contribution in [2.24, 2.45) is 11.8 Å². The summed E-state index contributed by atoms with van der Waals surface area (Å²) in [6.45, 7) is 1.11. The number of hydrogen-bond acceptors (Lipinski definition) is 10. The fourth-order valence-electron chi connectivity index (χ4n) is 8.22. The highest BCUT2D eigenvalue weighted by atomic mass is 16.7. The predicted molar refractivity (Wildman–Crippen MR) is 207 cm³/mol. The van der Waals surface area contributed by atoms with Crippen molar-refractivity contribution in [2.75, 3.05) is 27.3 Å². The van der Waals surface area contributed by atoms with Gasteiger partial charge in [0, 0.05) is 24.2 Å². The van der Waals surface area contributed by atoms with Crippen LogP contribution in [0.2, 0.25) is 0 Å². The highest BCUT2D eigenvalue weighted by molar-refractivity contribution is 5.88. The van der Waals surface area contributed by atoms with Crippen molar-refractivity contribution in [3.05, 3.63) is 66.5 Å². The number of amides is 4. The number of H-pyrrole nitrogens is 2. The Bertz CT molecular complexity index is 2190. The van der Waals surface area contributed by atoms with E-state index in [2.05, 4.69) is 30.6 Å². The number of benzene rings is 2. The van der Waals surface area contributed by atoms with E-state index in [0.29, 0.717) is 48.0 Å². The van der Waals surface area contributed by atoms with Crippen LogP contribution in [-0.2, 0) is 19.1 Å². The first kappa shape index (κ1) is 38.5. The number of aromatic nitrogens is 4. The molecule has 8 rings (SSSR count). The molecule has 0 bridgehead atoms. The zero-order chi connectivity index (χ0) is 40.5. The van der Waals surface area contributed by atoms with Gasteiger partial charge in [-0.1, -0.05) is 30.3 Å². The van der Waals surface area contributed by atoms with E-state index in [9.17, 15) is 29.1 Å². The van der Waals surface area contributed by atoms with Gasteiger partial charge in [0.25, 0.3) is 0 Å². The van der Waals surface area contributed by atoms with Gasteiger partial charge in [0.15, 0.2) is 0 Å². The van der Waals surface area contributed by atoms with Crippen molar-refractivity contribution < 1.29 is 43.3 Å². The van der Waals surface area contributed by atoms with Crippen molar-refractivity contribution in [3.8, 4) is 39.4 Å². The molecule has 4 aromatic rings. The van der Waals surface area contributed by atoms with Gasteiger partial charge in [-0.15, -0.1) is 0 Å². The van der Waals surface area contributed by atoms with Gasteiger partial charge in [0.2, 0.25) is 11.8 Å². The lowest BCUT2D eigenvalue weighted by Crippen LogP contribution is -2.49. The molecule has 2 aromatic heterocycles. The molecule has 2 aromatic carbocycles. The van der Waals surface area contributed by atoms with E-state index in [1.54, 1.807) is 34.3 Å². The van der Waals surface area contributed by atoms with Crippen LogP contribution in [0.25, 0.3) is 33.6 Å². The Morgan fingerprint density at radius 3 is 1.62 bits per heavy atom. The second-order valence-electron chi connectivity index (χ2n) is 15.3. The van der Waals surface area contributed by atoms with Crippen LogP contribution in [0.1, 0.15) is 75.1 Å². The van der Waals surface area contributed by atoms with Crippen LogP contribution in [0.3, 0.4) is 0 Å². The maximum Gasteiger partial charge on any atom is 0.511 e. The normalized spacial score (nSPS) is 20.0. The molecule has 2 aliphatic carbocycles. The molecule has 0 radical (unpaired) electrons. The van der Waals surface area contributed by atoms with Crippen LogP contribution in [0.4, 0.5) is 14.4 Å². The number of rotatable bonds is 12. The average molecular weight is 795 g/mol. The number of methoxy groups -OCH3 is 2. The number of imidazole rings is 2. The van der Waals surface area contributed by atoms with E-state index in [0.717, 1.165) is 61.8 Å². The Morgan fingerprint density at radius 2 is 1.16 bits per heavy atom. The van der Waals surface area contributed by atoms with Gasteiger partial charge in [-0.3, -0.25) is 9.59 Å². The van der Waals surface area contributed by atoms with Crippen LogP contribution in [0.5, 0.6) is 5.75 Å². The average Bonchev–Trinajstić information content (AvgIpc) is 3.95. The van der Waals surface area contributed by atoms with E-state index in [4.69, 9.17) is 14.2 Å². The lowest BCUT2D eigenvalue weighted by molar-refractivity contribution is -0.135. The molecule has 58 heavy (non-hydrogen) atoms. The number of carbonyl (C=O) groups is 5. The van der Waals surface area contributed by atoms with Gasteiger partial charge in [-0.05, 0) is 86.5 Å². The number of aromatic amines is 2. The number of alkyl carbamates (subject to hydrolysis) is 2. The summed E-state index contributed by atoms with van der Waals surface area (Å²) in [4.78, 5) is 82.6. The Labute approximate surface area is 333 Å². The number of ether oxygens (including phenoxy) is 3. The number of nitrogens with zero attached hydrogens (tertiary/aromatic N) is 4. The van der Waals surface area contributed by atoms with E-state index in [-0.39, 0.29) is 41.5 Å². The Balaban J connectivity index is 0.974. The molecular formula is C41H46N8O9. The molecule has 4 atom stereocenters. The Morgan fingerprint density at radius 1 is 0.690 bits per heavy atom. The number of hydrogen-bond donors (Lipinski definition) is 5. The quantitative estimate of drug-likeness (QED) is 0.0854. The Kier molecular flexibility index (Phi) is 10.8. The first-order valence-electron chi connectivity index (χ1n) is 19.7. The number of carboxylic acid groups (broad SMARTS) is 1. The Hall–Kier alpha value is -6.39. The summed E-state index contributed by atoms with van der Waals surface area (Å²) in [6, 6.07) is 11.0. The zero-order valence-corrected chi connectivity index (χ0v) is 32.2. The van der Waals surface area contributed by atoms with Gasteiger partial charge in [-0.2, -0.15) is 0 Å². The predicted octanol–water partition coefficient (Wildman–Crippen LogP) is 5.79. The monoisotopic (exact) mass is 794 g/mol. The molecule has 304 valence electrons. The third-order valence-corrected chi connectivity index (χ3v) is 11.5. The fraction of sp³-hybridized carbons (Fsp3) is 0.439. The highest BCUT2D eigenvalue weighted by Crippen LogP contribution is 2.40. The molecule has 2 saturated carbocycles. The summed E-state index contributed by atoms with van der Waals surface area (Å²) in [5.74, 6) is 1.29. The summed E-state index contributed by atoms with van der Waals surface area (Å²) in [5.41, 5.74) is 4.14. The molecule has 17 heteroatoms. The van der Waals surface area contributed by atoms with Gasteiger partial charge in [-0.25, -0.2) is 24.4 Å². The van der Waals surface area contributed by atoms with E-state index >= 15 is 0 Å². The van der Waals surface area contributed by atoms with Crippen molar-refractivity contribution >= 4 is 30.2 Å². The standard InChI is InChI=1S/C41H46N8O9/c1-56-39(52)46-33(24-11-12-24)37(50)48-17-3-5-30(48)35-42-20-28(44-35)23-9-7-22(8-10-23)27-16-15-26(19-32(27)58-41(54)55)29-21-43-36(45-29)31-6-4-18-49(31)38(51)34(25-13-14-25)47-40(53)57-2/h7-10,15-16,19-21,24-25,30-31,33-34H,3-6,11-14,17-18H2,1-2H3,(H,42,44)(H,43,45)(H,46,52)(H,47,53)(H,54,55)/t30-,31-,33-,34-/m0/s1. The van der Waals surface area contributed by atoms with Crippen LogP contribution >= 0.6 is 0 Å². The van der Waals surface area contributed by atoms with Crippen LogP contribution in [-0.4, -0.2) is 104 Å². The summed E-state index contributed by atoms with van der Waals surface area (Å²) in [5, 5.41) is 15.1. The van der Waals surface area contributed by atoms with Crippen molar-refractivity contribution in [3.63, 3.8) is 0 Å². The molecule has 0 unspecified atom stereocenters. The second kappa shape index (κ2) is 16.2. The first-order valence-corrected chi connectivity index (χ1v) is 19.7. The van der Waals surface area contributed by atoms with Crippen molar-refractivity contribution in [1.29, 1.82) is 0 Å². The molecule has 4 aliphatic rings. The van der Waals surface area contributed by atoms with Gasteiger partial charge >= 0.3 is 18.3 Å². The smallest absolute Gasteiger partial charge is 0.453 e. The first-order chi connectivity index (χ1) is 28.1. The largest absolute Gasteiger partial charge is 0.511 e. The number of carbonyl (C=O) groups excluding carboxylic acids is 4. The van der Waals surface area contributed by atoms with E-state index < -0.39 is 30.4 Å². The lowest BCUT2D eigenvalue weighted by Gasteiger charge is -2.28. The molecule has 17 nitrogen and oxygen atoms in total. The number of nitrogens with one attached hydrogen (secondary N) is 4. The van der Waals surface area contributed by atoms with Crippen molar-refractivity contribution in [1.82, 2.24) is 40.4 Å². The fourth-order valence-corrected chi connectivity index (χ4v) is 8.22. The maximum absolute atomic E-state index is 13.6.